The first-order valence-corrected chi connectivity index (χ1v) is 7.63. The van der Waals surface area contributed by atoms with E-state index < -0.39 is 0 Å². The number of rotatable bonds is 5. The molecule has 0 saturated heterocycles. The summed E-state index contributed by atoms with van der Waals surface area (Å²) in [6.45, 7) is 1.75. The van der Waals surface area contributed by atoms with Crippen LogP contribution in [0.3, 0.4) is 0 Å². The number of anilines is 2. The molecule has 5 nitrogen and oxygen atoms in total. The van der Waals surface area contributed by atoms with Gasteiger partial charge in [0.2, 0.25) is 11.8 Å². The molecule has 0 aliphatic carbocycles. The van der Waals surface area contributed by atoms with Crippen LogP contribution in [0.15, 0.2) is 54.6 Å². The Labute approximate surface area is 141 Å². The number of hydrogen-bond acceptors (Lipinski definition) is 3. The van der Waals surface area contributed by atoms with Crippen LogP contribution >= 0.6 is 0 Å². The molecule has 0 radical (unpaired) electrons. The molecule has 0 aromatic heterocycles. The van der Waals surface area contributed by atoms with E-state index in [1.54, 1.807) is 36.2 Å². The van der Waals surface area contributed by atoms with Gasteiger partial charge in [-0.25, -0.2) is 0 Å². The van der Waals surface area contributed by atoms with Crippen molar-refractivity contribution in [1.82, 2.24) is 0 Å². The highest BCUT2D eigenvalue weighted by atomic mass is 16.2. The molecule has 0 aliphatic rings. The van der Waals surface area contributed by atoms with Gasteiger partial charge in [-0.05, 0) is 36.4 Å². The Kier molecular flexibility index (Phi) is 5.69. The molecule has 2 aromatic carbocycles. The summed E-state index contributed by atoms with van der Waals surface area (Å²) < 4.78 is 0. The average Bonchev–Trinajstić information content (AvgIpc) is 2.62. The molecule has 24 heavy (non-hydrogen) atoms. The maximum Gasteiger partial charge on any atom is 0.228 e. The fourth-order valence-electron chi connectivity index (χ4n) is 2.36. The summed E-state index contributed by atoms with van der Waals surface area (Å²) in [7, 11) is 1.72. The second-order valence-corrected chi connectivity index (χ2v) is 5.37. The van der Waals surface area contributed by atoms with E-state index in [4.69, 9.17) is 5.26 Å². The van der Waals surface area contributed by atoms with Crippen LogP contribution in [-0.4, -0.2) is 25.4 Å². The minimum absolute atomic E-state index is 0.0684. The third-order valence-electron chi connectivity index (χ3n) is 3.76. The second kappa shape index (κ2) is 7.93. The maximum atomic E-state index is 12.3. The van der Waals surface area contributed by atoms with Gasteiger partial charge in [0.05, 0.1) is 11.6 Å². The molecule has 2 rings (SSSR count). The zero-order valence-electron chi connectivity index (χ0n) is 13.8. The SMILES string of the molecule is CC(=O)N(CCC(=O)N(C)c1ccccc1)c1ccc(C#N)cc1. The summed E-state index contributed by atoms with van der Waals surface area (Å²) >= 11 is 0. The monoisotopic (exact) mass is 321 g/mol. The van der Waals surface area contributed by atoms with E-state index in [1.807, 2.05) is 36.4 Å². The first kappa shape index (κ1) is 17.2. The summed E-state index contributed by atoms with van der Waals surface area (Å²) in [5.74, 6) is -0.212. The van der Waals surface area contributed by atoms with Gasteiger partial charge in [0.15, 0.2) is 0 Å². The van der Waals surface area contributed by atoms with Crippen LogP contribution in [0.4, 0.5) is 11.4 Å². The molecular weight excluding hydrogens is 302 g/mol. The van der Waals surface area contributed by atoms with E-state index in [2.05, 4.69) is 0 Å². The number of amides is 2. The van der Waals surface area contributed by atoms with Crippen molar-refractivity contribution in [1.29, 1.82) is 5.26 Å². The smallest absolute Gasteiger partial charge is 0.228 e. The molecule has 0 bridgehead atoms. The Hall–Kier alpha value is -3.13. The fraction of sp³-hybridized carbons (Fsp3) is 0.211. The molecule has 122 valence electrons. The van der Waals surface area contributed by atoms with Crippen molar-refractivity contribution in [2.45, 2.75) is 13.3 Å². The van der Waals surface area contributed by atoms with Gasteiger partial charge >= 0.3 is 0 Å². The molecule has 0 N–H and O–H groups in total. The molecule has 0 spiro atoms. The van der Waals surface area contributed by atoms with Crippen molar-refractivity contribution in [3.63, 3.8) is 0 Å². The van der Waals surface area contributed by atoms with E-state index in [-0.39, 0.29) is 24.8 Å². The number of hydrogen-bond donors (Lipinski definition) is 0. The molecule has 5 heteroatoms. The normalized spacial score (nSPS) is 9.88. The van der Waals surface area contributed by atoms with Crippen LogP contribution in [-0.2, 0) is 9.59 Å². The predicted molar refractivity (Wildman–Crippen MR) is 93.7 cm³/mol. The van der Waals surface area contributed by atoms with Gasteiger partial charge in [0, 0.05) is 38.3 Å². The summed E-state index contributed by atoms with van der Waals surface area (Å²) in [4.78, 5) is 27.4. The van der Waals surface area contributed by atoms with E-state index in [1.165, 1.54) is 11.8 Å². The molecule has 0 fully saturated rings. The van der Waals surface area contributed by atoms with Gasteiger partial charge in [0.25, 0.3) is 0 Å². The molecule has 2 aromatic rings. The molecule has 0 aliphatic heterocycles. The van der Waals surface area contributed by atoms with Crippen molar-refractivity contribution >= 4 is 23.2 Å². The number of nitrogens with zero attached hydrogens (tertiary/aromatic N) is 3. The summed E-state index contributed by atoms with van der Waals surface area (Å²) in [5, 5.41) is 8.84. The van der Waals surface area contributed by atoms with Crippen LogP contribution in [0.25, 0.3) is 0 Å². The van der Waals surface area contributed by atoms with Gasteiger partial charge in [-0.15, -0.1) is 0 Å². The molecule has 0 heterocycles. The predicted octanol–water partition coefficient (Wildman–Crippen LogP) is 2.96. The lowest BCUT2D eigenvalue weighted by Gasteiger charge is -2.23. The fourth-order valence-corrected chi connectivity index (χ4v) is 2.36. The lowest BCUT2D eigenvalue weighted by Crippen LogP contribution is -2.34. The lowest BCUT2D eigenvalue weighted by atomic mass is 10.2. The number of benzene rings is 2. The van der Waals surface area contributed by atoms with Crippen molar-refractivity contribution in [2.24, 2.45) is 0 Å². The summed E-state index contributed by atoms with van der Waals surface area (Å²) in [5.41, 5.74) is 2.02. The minimum atomic E-state index is -0.144. The van der Waals surface area contributed by atoms with E-state index >= 15 is 0 Å². The third kappa shape index (κ3) is 4.20. The van der Waals surface area contributed by atoms with E-state index in [0.717, 1.165) is 5.69 Å². The molecule has 0 atom stereocenters. The molecular formula is C19H19N3O2. The average molecular weight is 321 g/mol. The van der Waals surface area contributed by atoms with Crippen LogP contribution in [0.1, 0.15) is 18.9 Å². The number of para-hydroxylation sites is 1. The van der Waals surface area contributed by atoms with Gasteiger partial charge in [-0.3, -0.25) is 9.59 Å². The maximum absolute atomic E-state index is 12.3. The standard InChI is InChI=1S/C19H19N3O2/c1-15(23)22(18-10-8-16(14-20)9-11-18)13-12-19(24)21(2)17-6-4-3-5-7-17/h3-11H,12-13H2,1-2H3. The van der Waals surface area contributed by atoms with Crippen LogP contribution in [0.2, 0.25) is 0 Å². The van der Waals surface area contributed by atoms with Gasteiger partial charge in [-0.1, -0.05) is 18.2 Å². The zero-order chi connectivity index (χ0) is 17.5. The zero-order valence-corrected chi connectivity index (χ0v) is 13.8. The first-order valence-electron chi connectivity index (χ1n) is 7.63. The van der Waals surface area contributed by atoms with Crippen molar-refractivity contribution in [2.75, 3.05) is 23.4 Å². The molecule has 2 amide bonds. The number of carbonyl (C=O) groups is 2. The minimum Gasteiger partial charge on any atom is -0.315 e. The van der Waals surface area contributed by atoms with E-state index in [9.17, 15) is 9.59 Å². The Morgan fingerprint density at radius 3 is 2.17 bits per heavy atom. The summed E-state index contributed by atoms with van der Waals surface area (Å²) in [6.07, 6.45) is 0.213. The van der Waals surface area contributed by atoms with Crippen molar-refractivity contribution < 1.29 is 9.59 Å². The first-order chi connectivity index (χ1) is 11.5. The lowest BCUT2D eigenvalue weighted by molar-refractivity contribution is -0.118. The van der Waals surface area contributed by atoms with Crippen molar-refractivity contribution in [3.8, 4) is 6.07 Å². The van der Waals surface area contributed by atoms with Crippen molar-refractivity contribution in [3.05, 3.63) is 60.2 Å². The molecule has 0 saturated carbocycles. The second-order valence-electron chi connectivity index (χ2n) is 5.37. The highest BCUT2D eigenvalue weighted by Crippen LogP contribution is 2.17. The van der Waals surface area contributed by atoms with E-state index in [0.29, 0.717) is 11.3 Å². The molecule has 0 unspecified atom stereocenters. The Morgan fingerprint density at radius 1 is 1.00 bits per heavy atom. The van der Waals surface area contributed by atoms with Crippen LogP contribution in [0, 0.1) is 11.3 Å². The van der Waals surface area contributed by atoms with Gasteiger partial charge < -0.3 is 9.80 Å². The van der Waals surface area contributed by atoms with Gasteiger partial charge in [-0.2, -0.15) is 5.26 Å². The Bertz CT molecular complexity index is 748. The summed E-state index contributed by atoms with van der Waals surface area (Å²) in [6, 6.07) is 18.1. The Morgan fingerprint density at radius 2 is 1.62 bits per heavy atom. The van der Waals surface area contributed by atoms with Crippen LogP contribution < -0.4 is 9.80 Å². The third-order valence-corrected chi connectivity index (χ3v) is 3.76. The number of nitriles is 1. The van der Waals surface area contributed by atoms with Gasteiger partial charge in [0.1, 0.15) is 0 Å². The largest absolute Gasteiger partial charge is 0.315 e. The highest BCUT2D eigenvalue weighted by molar-refractivity contribution is 5.95. The van der Waals surface area contributed by atoms with Crippen LogP contribution in [0.5, 0.6) is 0 Å². The highest BCUT2D eigenvalue weighted by Gasteiger charge is 2.16. The number of carbonyl (C=O) groups excluding carboxylic acids is 2. The Balaban J connectivity index is 2.04. The quantitative estimate of drug-likeness (QED) is 0.850. The topological polar surface area (TPSA) is 64.4 Å².